The molecule has 0 spiro atoms. The van der Waals surface area contributed by atoms with Crippen molar-refractivity contribution in [3.05, 3.63) is 70.7 Å². The maximum Gasteiger partial charge on any atom is 0.250 e. The van der Waals surface area contributed by atoms with Gasteiger partial charge in [-0.1, -0.05) is 54.1 Å². The molecule has 31 heavy (non-hydrogen) atoms. The number of hydrogen-bond donors (Lipinski definition) is 2. The minimum atomic E-state index is -1.17. The van der Waals surface area contributed by atoms with E-state index in [0.717, 1.165) is 17.5 Å². The Balaban J connectivity index is 1.58. The van der Waals surface area contributed by atoms with E-state index in [4.69, 9.17) is 11.6 Å². The summed E-state index contributed by atoms with van der Waals surface area (Å²) in [7, 11) is 0. The van der Waals surface area contributed by atoms with E-state index in [1.807, 2.05) is 54.6 Å². The molecule has 2 heterocycles. The summed E-state index contributed by atoms with van der Waals surface area (Å²) in [4.78, 5) is 27.1. The van der Waals surface area contributed by atoms with Crippen molar-refractivity contribution in [2.75, 3.05) is 10.6 Å². The molecule has 8 nitrogen and oxygen atoms in total. The van der Waals surface area contributed by atoms with E-state index in [1.165, 1.54) is 0 Å². The lowest BCUT2D eigenvalue weighted by Crippen LogP contribution is -2.28. The monoisotopic (exact) mass is 438 g/mol. The second-order valence-corrected chi connectivity index (χ2v) is 7.82. The molecule has 1 aromatic heterocycles. The number of carboxylic acid groups (broad SMARTS) is 1. The maximum absolute atomic E-state index is 12.1. The van der Waals surface area contributed by atoms with Gasteiger partial charge in [-0.05, 0) is 42.5 Å². The van der Waals surface area contributed by atoms with E-state index in [0.29, 0.717) is 11.0 Å². The highest BCUT2D eigenvalue weighted by Gasteiger charge is 2.31. The molecule has 0 bridgehead atoms. The molecule has 0 radical (unpaired) electrons. The molecule has 1 aliphatic heterocycles. The SMILES string of the molecule is O=C([O-])CCCC(=O)Nc1nc2n(n1)[C@H](c1ccccc1)C[C@H](c1ccc(Cl)cc1)N2. The topological polar surface area (TPSA) is 112 Å². The largest absolute Gasteiger partial charge is 0.550 e. The molecule has 2 aromatic carbocycles. The molecular weight excluding hydrogens is 418 g/mol. The van der Waals surface area contributed by atoms with Crippen LogP contribution in [0.1, 0.15) is 48.9 Å². The Labute approximate surface area is 184 Å². The summed E-state index contributed by atoms with van der Waals surface area (Å²) in [5.41, 5.74) is 2.16. The van der Waals surface area contributed by atoms with Crippen LogP contribution in [0.5, 0.6) is 0 Å². The first-order valence-corrected chi connectivity index (χ1v) is 10.4. The summed E-state index contributed by atoms with van der Waals surface area (Å²) in [6.45, 7) is 0. The Hall–Kier alpha value is -3.39. The molecule has 0 aliphatic carbocycles. The average molecular weight is 439 g/mol. The highest BCUT2D eigenvalue weighted by Crippen LogP contribution is 2.38. The van der Waals surface area contributed by atoms with Crippen molar-refractivity contribution < 1.29 is 14.7 Å². The summed E-state index contributed by atoms with van der Waals surface area (Å²) in [5.74, 6) is -0.787. The summed E-state index contributed by atoms with van der Waals surface area (Å²) in [5, 5.41) is 21.7. The molecule has 0 saturated heterocycles. The number of fused-ring (bicyclic) bond motifs is 1. The standard InChI is InChI=1S/C22H22ClN5O3/c23-16-11-9-14(10-12-16)17-13-18(15-5-2-1-3-6-15)28-22(24-17)26-21(27-28)25-19(29)7-4-8-20(30)31/h1-3,5-6,9-12,17-18H,4,7-8,13H2,(H,30,31)(H2,24,25,26,27,29)/p-1/t17-,18+/m1/s1. The number of carboxylic acids is 1. The number of nitrogens with one attached hydrogen (secondary N) is 2. The van der Waals surface area contributed by atoms with E-state index in [9.17, 15) is 14.7 Å². The minimum absolute atomic E-state index is 0.00853. The first-order valence-electron chi connectivity index (χ1n) is 10.0. The lowest BCUT2D eigenvalue weighted by atomic mass is 9.93. The van der Waals surface area contributed by atoms with Crippen molar-refractivity contribution in [3.63, 3.8) is 0 Å². The van der Waals surface area contributed by atoms with Crippen LogP contribution in [0.2, 0.25) is 5.02 Å². The predicted molar refractivity (Wildman–Crippen MR) is 115 cm³/mol. The zero-order valence-electron chi connectivity index (χ0n) is 16.6. The van der Waals surface area contributed by atoms with Gasteiger partial charge in [0.1, 0.15) is 0 Å². The fraction of sp³-hybridized carbons (Fsp3) is 0.273. The summed E-state index contributed by atoms with van der Waals surface area (Å²) >= 11 is 6.04. The molecule has 0 saturated carbocycles. The zero-order valence-corrected chi connectivity index (χ0v) is 17.4. The van der Waals surface area contributed by atoms with Gasteiger partial charge in [-0.25, -0.2) is 4.68 Å². The van der Waals surface area contributed by atoms with E-state index in [-0.39, 0.29) is 43.2 Å². The van der Waals surface area contributed by atoms with Crippen molar-refractivity contribution in [2.45, 2.75) is 37.8 Å². The van der Waals surface area contributed by atoms with E-state index in [1.54, 1.807) is 4.68 Å². The second-order valence-electron chi connectivity index (χ2n) is 7.39. The summed E-state index contributed by atoms with van der Waals surface area (Å²) in [6.07, 6.45) is 0.827. The van der Waals surface area contributed by atoms with Gasteiger partial charge in [-0.15, -0.1) is 5.10 Å². The number of nitrogens with zero attached hydrogens (tertiary/aromatic N) is 3. The number of halogens is 1. The van der Waals surface area contributed by atoms with Crippen LogP contribution in [0, 0.1) is 0 Å². The number of aliphatic carboxylic acids is 1. The Kier molecular flexibility index (Phi) is 6.18. The summed E-state index contributed by atoms with van der Waals surface area (Å²) < 4.78 is 1.78. The third-order valence-corrected chi connectivity index (χ3v) is 5.43. The van der Waals surface area contributed by atoms with Crippen molar-refractivity contribution in [1.29, 1.82) is 0 Å². The Bertz CT molecular complexity index is 1070. The minimum Gasteiger partial charge on any atom is -0.550 e. The maximum atomic E-state index is 12.1. The normalized spacial score (nSPS) is 17.5. The van der Waals surface area contributed by atoms with Gasteiger partial charge < -0.3 is 15.2 Å². The van der Waals surface area contributed by atoms with Crippen LogP contribution >= 0.6 is 11.6 Å². The third kappa shape index (κ3) is 5.03. The number of anilines is 2. The van der Waals surface area contributed by atoms with Gasteiger partial charge >= 0.3 is 0 Å². The Morgan fingerprint density at radius 1 is 1.10 bits per heavy atom. The number of benzene rings is 2. The van der Waals surface area contributed by atoms with Crippen LogP contribution in [0.4, 0.5) is 11.9 Å². The van der Waals surface area contributed by atoms with E-state index in [2.05, 4.69) is 20.7 Å². The van der Waals surface area contributed by atoms with Crippen LogP contribution in [-0.4, -0.2) is 26.6 Å². The van der Waals surface area contributed by atoms with Gasteiger partial charge in [0, 0.05) is 17.4 Å². The first-order chi connectivity index (χ1) is 15.0. The molecule has 0 fully saturated rings. The highest BCUT2D eigenvalue weighted by atomic mass is 35.5. The molecule has 2 atom stereocenters. The van der Waals surface area contributed by atoms with Gasteiger partial charge in [-0.2, -0.15) is 4.98 Å². The van der Waals surface area contributed by atoms with Crippen molar-refractivity contribution in [2.24, 2.45) is 0 Å². The molecule has 160 valence electrons. The van der Waals surface area contributed by atoms with Crippen molar-refractivity contribution in [3.8, 4) is 0 Å². The lowest BCUT2D eigenvalue weighted by molar-refractivity contribution is -0.305. The molecular formula is C22H21ClN5O3-. The molecule has 4 rings (SSSR count). The second kappa shape index (κ2) is 9.18. The van der Waals surface area contributed by atoms with Gasteiger partial charge in [0.15, 0.2) is 0 Å². The van der Waals surface area contributed by atoms with E-state index >= 15 is 0 Å². The Morgan fingerprint density at radius 2 is 1.84 bits per heavy atom. The molecule has 3 aromatic rings. The van der Waals surface area contributed by atoms with Gasteiger partial charge in [0.2, 0.25) is 11.9 Å². The average Bonchev–Trinajstić information content (AvgIpc) is 3.16. The van der Waals surface area contributed by atoms with Crippen LogP contribution < -0.4 is 15.7 Å². The van der Waals surface area contributed by atoms with E-state index < -0.39 is 5.97 Å². The number of aromatic nitrogens is 3. The molecule has 9 heteroatoms. The van der Waals surface area contributed by atoms with Gasteiger partial charge in [0.25, 0.3) is 5.95 Å². The molecule has 1 amide bonds. The lowest BCUT2D eigenvalue weighted by Gasteiger charge is -2.31. The van der Waals surface area contributed by atoms with Crippen molar-refractivity contribution >= 4 is 35.4 Å². The van der Waals surface area contributed by atoms with Crippen LogP contribution in [-0.2, 0) is 9.59 Å². The number of carbonyl (C=O) groups excluding carboxylic acids is 2. The van der Waals surface area contributed by atoms with Gasteiger partial charge in [-0.3, -0.25) is 10.1 Å². The fourth-order valence-electron chi connectivity index (χ4n) is 3.68. The van der Waals surface area contributed by atoms with Crippen LogP contribution in [0.15, 0.2) is 54.6 Å². The molecule has 2 N–H and O–H groups in total. The smallest absolute Gasteiger partial charge is 0.250 e. The number of rotatable bonds is 7. The fourth-order valence-corrected chi connectivity index (χ4v) is 3.80. The van der Waals surface area contributed by atoms with Gasteiger partial charge in [0.05, 0.1) is 12.1 Å². The van der Waals surface area contributed by atoms with Crippen molar-refractivity contribution in [1.82, 2.24) is 14.8 Å². The highest BCUT2D eigenvalue weighted by molar-refractivity contribution is 6.30. The molecule has 1 aliphatic rings. The third-order valence-electron chi connectivity index (χ3n) is 5.18. The number of hydrogen-bond acceptors (Lipinski definition) is 6. The van der Waals surface area contributed by atoms with Crippen LogP contribution in [0.25, 0.3) is 0 Å². The Morgan fingerprint density at radius 3 is 2.55 bits per heavy atom. The predicted octanol–water partition coefficient (Wildman–Crippen LogP) is 2.94. The first kappa shape index (κ1) is 20.9. The zero-order chi connectivity index (χ0) is 21.8. The quantitative estimate of drug-likeness (QED) is 0.586. The van der Waals surface area contributed by atoms with Crippen LogP contribution in [0.3, 0.4) is 0 Å². The number of carbonyl (C=O) groups is 2. The summed E-state index contributed by atoms with van der Waals surface area (Å²) in [6, 6.07) is 17.6. The molecule has 0 unspecified atom stereocenters. The number of amides is 1.